The molecule has 0 radical (unpaired) electrons. The van der Waals surface area contributed by atoms with Crippen molar-refractivity contribution in [1.29, 1.82) is 0 Å². The van der Waals surface area contributed by atoms with Gasteiger partial charge in [-0.05, 0) is 17.8 Å². The van der Waals surface area contributed by atoms with Crippen molar-refractivity contribution in [2.75, 3.05) is 0 Å². The van der Waals surface area contributed by atoms with Crippen molar-refractivity contribution < 1.29 is 4.79 Å². The quantitative estimate of drug-likeness (QED) is 0.562. The molecule has 0 heterocycles. The first-order valence-corrected chi connectivity index (χ1v) is 5.24. The van der Waals surface area contributed by atoms with E-state index in [1.807, 2.05) is 0 Å². The Morgan fingerprint density at radius 2 is 1.62 bits per heavy atom. The van der Waals surface area contributed by atoms with Gasteiger partial charge in [-0.3, -0.25) is 4.79 Å². The van der Waals surface area contributed by atoms with E-state index in [0.717, 1.165) is 6.42 Å². The number of hydrogen-bond donors (Lipinski definition) is 0. The maximum Gasteiger partial charge on any atom is 0.142 e. The van der Waals surface area contributed by atoms with E-state index in [-0.39, 0.29) is 16.7 Å². The Hall–Kier alpha value is -0.330. The molecule has 0 aliphatic heterocycles. The molecule has 1 rings (SSSR count). The fourth-order valence-electron chi connectivity index (χ4n) is 2.38. The fourth-order valence-corrected chi connectivity index (χ4v) is 2.38. The molecule has 1 aliphatic carbocycles. The van der Waals surface area contributed by atoms with Crippen LogP contribution in [0.15, 0.2) is 0 Å². The van der Waals surface area contributed by atoms with E-state index in [1.165, 1.54) is 0 Å². The summed E-state index contributed by atoms with van der Waals surface area (Å²) in [5.74, 6) is 1.15. The summed E-state index contributed by atoms with van der Waals surface area (Å²) in [5, 5.41) is 0. The summed E-state index contributed by atoms with van der Waals surface area (Å²) in [5.41, 5.74) is 0.0704. The van der Waals surface area contributed by atoms with Gasteiger partial charge in [-0.2, -0.15) is 0 Å². The minimum Gasteiger partial charge on any atom is -0.299 e. The van der Waals surface area contributed by atoms with E-state index >= 15 is 0 Å². The van der Waals surface area contributed by atoms with Crippen LogP contribution in [0.4, 0.5) is 0 Å². The predicted octanol–water partition coefficient (Wildman–Crippen LogP) is 3.28. The van der Waals surface area contributed by atoms with Crippen molar-refractivity contribution in [1.82, 2.24) is 0 Å². The van der Waals surface area contributed by atoms with Crippen LogP contribution in [0.25, 0.3) is 0 Å². The summed E-state index contributed by atoms with van der Waals surface area (Å²) >= 11 is 0. The van der Waals surface area contributed by atoms with Crippen LogP contribution < -0.4 is 0 Å². The fraction of sp³-hybridized carbons (Fsp3) is 0.917. The standard InChI is InChI=1S/C12H22O/c1-8-7-11(3,4)9(2)10(13)12(8,5)6/h8-9H,7H2,1-6H3. The van der Waals surface area contributed by atoms with Crippen molar-refractivity contribution in [2.24, 2.45) is 22.7 Å². The van der Waals surface area contributed by atoms with Gasteiger partial charge in [-0.15, -0.1) is 0 Å². The van der Waals surface area contributed by atoms with Crippen molar-refractivity contribution in [2.45, 2.75) is 48.0 Å². The van der Waals surface area contributed by atoms with E-state index in [1.54, 1.807) is 0 Å². The molecule has 0 bridgehead atoms. The highest BCUT2D eigenvalue weighted by molar-refractivity contribution is 5.87. The lowest BCUT2D eigenvalue weighted by Crippen LogP contribution is -2.48. The topological polar surface area (TPSA) is 17.1 Å². The first kappa shape index (κ1) is 10.7. The van der Waals surface area contributed by atoms with Crippen LogP contribution in [0.1, 0.15) is 48.0 Å². The summed E-state index contributed by atoms with van der Waals surface area (Å²) < 4.78 is 0. The molecule has 1 saturated carbocycles. The summed E-state index contributed by atoms with van der Waals surface area (Å²) in [6, 6.07) is 0. The van der Waals surface area contributed by atoms with E-state index in [9.17, 15) is 4.79 Å². The first-order valence-electron chi connectivity index (χ1n) is 5.24. The van der Waals surface area contributed by atoms with E-state index in [4.69, 9.17) is 0 Å². The Morgan fingerprint density at radius 3 is 2.08 bits per heavy atom. The molecular formula is C12H22O. The Labute approximate surface area is 81.9 Å². The van der Waals surface area contributed by atoms with Gasteiger partial charge >= 0.3 is 0 Å². The van der Waals surface area contributed by atoms with Gasteiger partial charge in [-0.1, -0.05) is 41.5 Å². The molecule has 0 amide bonds. The van der Waals surface area contributed by atoms with Crippen LogP contribution in [0, 0.1) is 22.7 Å². The minimum atomic E-state index is -0.116. The van der Waals surface area contributed by atoms with Crippen molar-refractivity contribution >= 4 is 5.78 Å². The summed E-state index contributed by atoms with van der Waals surface area (Å²) in [4.78, 5) is 12.1. The van der Waals surface area contributed by atoms with Gasteiger partial charge in [0.2, 0.25) is 0 Å². The molecule has 1 fully saturated rings. The summed E-state index contributed by atoms with van der Waals surface area (Å²) in [7, 11) is 0. The molecular weight excluding hydrogens is 160 g/mol. The normalized spacial score (nSPS) is 37.5. The zero-order valence-electron chi connectivity index (χ0n) is 9.77. The Bertz CT molecular complexity index is 225. The van der Waals surface area contributed by atoms with Gasteiger partial charge in [0.15, 0.2) is 0 Å². The monoisotopic (exact) mass is 182 g/mol. The molecule has 1 nitrogen and oxygen atoms in total. The smallest absolute Gasteiger partial charge is 0.142 e. The molecule has 0 aromatic rings. The third-order valence-electron chi connectivity index (χ3n) is 4.26. The van der Waals surface area contributed by atoms with Crippen LogP contribution >= 0.6 is 0 Å². The molecule has 2 unspecified atom stereocenters. The van der Waals surface area contributed by atoms with Crippen LogP contribution in [0.5, 0.6) is 0 Å². The highest BCUT2D eigenvalue weighted by Crippen LogP contribution is 2.49. The van der Waals surface area contributed by atoms with Gasteiger partial charge in [0.1, 0.15) is 5.78 Å². The molecule has 76 valence electrons. The number of Topliss-reactive ketones (excluding diaryl/α,β-unsaturated/α-hetero) is 1. The van der Waals surface area contributed by atoms with Gasteiger partial charge in [0, 0.05) is 11.3 Å². The first-order chi connectivity index (χ1) is 5.69. The van der Waals surface area contributed by atoms with E-state index in [0.29, 0.717) is 11.7 Å². The van der Waals surface area contributed by atoms with Crippen LogP contribution in [0.3, 0.4) is 0 Å². The van der Waals surface area contributed by atoms with Crippen molar-refractivity contribution in [3.8, 4) is 0 Å². The Kier molecular flexibility index (Phi) is 2.34. The molecule has 0 aromatic carbocycles. The lowest BCUT2D eigenvalue weighted by molar-refractivity contribution is -0.143. The molecule has 2 atom stereocenters. The van der Waals surface area contributed by atoms with Crippen LogP contribution in [-0.4, -0.2) is 5.78 Å². The second-order valence-corrected chi connectivity index (χ2v) is 5.90. The lowest BCUT2D eigenvalue weighted by atomic mass is 9.56. The average Bonchev–Trinajstić information content (AvgIpc) is 1.98. The third kappa shape index (κ3) is 1.53. The molecule has 0 aromatic heterocycles. The molecule has 1 heteroatoms. The minimum absolute atomic E-state index is 0.116. The number of ketones is 1. The number of rotatable bonds is 0. The molecule has 1 aliphatic rings. The SMILES string of the molecule is CC1C(=O)C(C)(C)C(C)CC1(C)C. The summed E-state index contributed by atoms with van der Waals surface area (Å²) in [6.45, 7) is 12.9. The molecule has 0 saturated heterocycles. The average molecular weight is 182 g/mol. The van der Waals surface area contributed by atoms with Crippen molar-refractivity contribution in [3.05, 3.63) is 0 Å². The van der Waals surface area contributed by atoms with Crippen LogP contribution in [-0.2, 0) is 4.79 Å². The van der Waals surface area contributed by atoms with Gasteiger partial charge in [-0.25, -0.2) is 0 Å². The highest BCUT2D eigenvalue weighted by Gasteiger charge is 2.48. The maximum atomic E-state index is 12.1. The summed E-state index contributed by atoms with van der Waals surface area (Å²) in [6.07, 6.45) is 1.16. The predicted molar refractivity (Wildman–Crippen MR) is 55.5 cm³/mol. The Balaban J connectivity index is 3.00. The number of carbonyl (C=O) groups is 1. The van der Waals surface area contributed by atoms with E-state index < -0.39 is 0 Å². The molecule has 0 spiro atoms. The van der Waals surface area contributed by atoms with Crippen molar-refractivity contribution in [3.63, 3.8) is 0 Å². The number of hydrogen-bond acceptors (Lipinski definition) is 1. The maximum absolute atomic E-state index is 12.1. The lowest BCUT2D eigenvalue weighted by Gasteiger charge is -2.47. The largest absolute Gasteiger partial charge is 0.299 e. The second kappa shape index (κ2) is 2.83. The molecule has 13 heavy (non-hydrogen) atoms. The number of carbonyl (C=O) groups excluding carboxylic acids is 1. The Morgan fingerprint density at radius 1 is 1.15 bits per heavy atom. The van der Waals surface area contributed by atoms with Gasteiger partial charge in [0.25, 0.3) is 0 Å². The molecule has 0 N–H and O–H groups in total. The zero-order valence-corrected chi connectivity index (χ0v) is 9.77. The third-order valence-corrected chi connectivity index (χ3v) is 4.26. The second-order valence-electron chi connectivity index (χ2n) is 5.90. The van der Waals surface area contributed by atoms with Gasteiger partial charge in [0.05, 0.1) is 0 Å². The van der Waals surface area contributed by atoms with E-state index in [2.05, 4.69) is 41.5 Å². The highest BCUT2D eigenvalue weighted by atomic mass is 16.1. The zero-order chi connectivity index (χ0) is 10.4. The van der Waals surface area contributed by atoms with Crippen LogP contribution in [0.2, 0.25) is 0 Å². The van der Waals surface area contributed by atoms with Gasteiger partial charge < -0.3 is 0 Å².